The quantitative estimate of drug-likeness (QED) is 0.449. The van der Waals surface area contributed by atoms with Crippen molar-refractivity contribution in [1.82, 2.24) is 15.5 Å². The summed E-state index contributed by atoms with van der Waals surface area (Å²) in [6.07, 6.45) is 1.03. The van der Waals surface area contributed by atoms with Crippen molar-refractivity contribution in [3.8, 4) is 5.75 Å². The van der Waals surface area contributed by atoms with E-state index < -0.39 is 27.5 Å². The van der Waals surface area contributed by atoms with Crippen LogP contribution in [0.3, 0.4) is 0 Å². The molecule has 0 spiro atoms. The number of ether oxygens (including phenoxy) is 1. The van der Waals surface area contributed by atoms with Gasteiger partial charge in [0.25, 0.3) is 11.8 Å². The SMILES string of the molecule is COc1ccc2c(c1)C(=O)N(C[C@@]1(c3cc4cc(NS(C)(=O)=O)ccc4o3)NC(=O)NC1=O)C2. The largest absolute Gasteiger partial charge is 0.497 e. The van der Waals surface area contributed by atoms with Gasteiger partial charge in [-0.15, -0.1) is 0 Å². The predicted molar refractivity (Wildman–Crippen MR) is 121 cm³/mol. The molecule has 3 aromatic rings. The summed E-state index contributed by atoms with van der Waals surface area (Å²) in [7, 11) is -1.99. The fourth-order valence-electron chi connectivity index (χ4n) is 4.27. The molecule has 0 unspecified atom stereocenters. The molecule has 4 amide bonds. The van der Waals surface area contributed by atoms with Crippen LogP contribution in [0, 0.1) is 0 Å². The minimum atomic E-state index is -3.49. The van der Waals surface area contributed by atoms with Gasteiger partial charge in [0.2, 0.25) is 10.0 Å². The highest BCUT2D eigenvalue weighted by Gasteiger charge is 2.53. The topological polar surface area (TPSA) is 147 Å². The van der Waals surface area contributed by atoms with Crippen LogP contribution in [-0.4, -0.2) is 51.1 Å². The summed E-state index contributed by atoms with van der Waals surface area (Å²) in [4.78, 5) is 39.7. The minimum absolute atomic E-state index is 0.115. The molecule has 34 heavy (non-hydrogen) atoms. The maximum absolute atomic E-state index is 13.1. The Bertz CT molecular complexity index is 1480. The van der Waals surface area contributed by atoms with Gasteiger partial charge in [-0.1, -0.05) is 6.07 Å². The Morgan fingerprint density at radius 3 is 2.62 bits per heavy atom. The zero-order valence-corrected chi connectivity index (χ0v) is 19.0. The van der Waals surface area contributed by atoms with Gasteiger partial charge in [-0.25, -0.2) is 13.2 Å². The van der Waals surface area contributed by atoms with Gasteiger partial charge in [0.15, 0.2) is 5.54 Å². The van der Waals surface area contributed by atoms with Crippen molar-refractivity contribution >= 4 is 44.5 Å². The molecule has 1 atom stereocenters. The molecule has 0 bridgehead atoms. The molecule has 2 aliphatic heterocycles. The number of furan rings is 1. The smallest absolute Gasteiger partial charge is 0.322 e. The average molecular weight is 484 g/mol. The van der Waals surface area contributed by atoms with E-state index in [1.54, 1.807) is 36.4 Å². The Kier molecular flexibility index (Phi) is 4.79. The van der Waals surface area contributed by atoms with Gasteiger partial charge in [0.05, 0.1) is 19.9 Å². The van der Waals surface area contributed by atoms with Crippen LogP contribution >= 0.6 is 0 Å². The van der Waals surface area contributed by atoms with Crippen LogP contribution in [0.4, 0.5) is 10.5 Å². The lowest BCUT2D eigenvalue weighted by molar-refractivity contribution is -0.125. The average Bonchev–Trinajstić information content (AvgIpc) is 3.41. The van der Waals surface area contributed by atoms with E-state index in [2.05, 4.69) is 15.4 Å². The van der Waals surface area contributed by atoms with E-state index in [0.717, 1.165) is 11.8 Å². The molecule has 1 fully saturated rings. The number of amides is 4. The van der Waals surface area contributed by atoms with Crippen molar-refractivity contribution < 1.29 is 32.0 Å². The number of carbonyl (C=O) groups excluding carboxylic acids is 3. The van der Waals surface area contributed by atoms with Crippen LogP contribution in [0.15, 0.2) is 46.9 Å². The fraction of sp³-hybridized carbons (Fsp3) is 0.227. The van der Waals surface area contributed by atoms with E-state index in [-0.39, 0.29) is 24.8 Å². The molecule has 176 valence electrons. The molecular weight excluding hydrogens is 464 g/mol. The summed E-state index contributed by atoms with van der Waals surface area (Å²) in [6, 6.07) is 10.6. The van der Waals surface area contributed by atoms with E-state index in [1.807, 2.05) is 0 Å². The highest BCUT2D eigenvalue weighted by Crippen LogP contribution is 2.35. The molecule has 0 saturated carbocycles. The van der Waals surface area contributed by atoms with E-state index >= 15 is 0 Å². The molecule has 5 rings (SSSR count). The second kappa shape index (κ2) is 7.48. The molecule has 1 aromatic heterocycles. The zero-order valence-electron chi connectivity index (χ0n) is 18.2. The molecule has 3 N–H and O–H groups in total. The summed E-state index contributed by atoms with van der Waals surface area (Å²) >= 11 is 0. The number of urea groups is 1. The summed E-state index contributed by atoms with van der Waals surface area (Å²) in [5, 5.41) is 5.35. The summed E-state index contributed by atoms with van der Waals surface area (Å²) in [6.45, 7) is 0.0698. The number of nitrogens with zero attached hydrogens (tertiary/aromatic N) is 1. The maximum Gasteiger partial charge on any atom is 0.322 e. The highest BCUT2D eigenvalue weighted by atomic mass is 32.2. The summed E-state index contributed by atoms with van der Waals surface area (Å²) < 4.78 is 36.6. The number of hydrogen-bond acceptors (Lipinski definition) is 7. The van der Waals surface area contributed by atoms with Gasteiger partial charge >= 0.3 is 6.03 Å². The maximum atomic E-state index is 13.1. The van der Waals surface area contributed by atoms with Gasteiger partial charge < -0.3 is 19.4 Å². The molecule has 11 nitrogen and oxygen atoms in total. The lowest BCUT2D eigenvalue weighted by atomic mass is 9.95. The van der Waals surface area contributed by atoms with E-state index in [1.165, 1.54) is 18.1 Å². The van der Waals surface area contributed by atoms with E-state index in [0.29, 0.717) is 28.0 Å². The van der Waals surface area contributed by atoms with Gasteiger partial charge in [-0.2, -0.15) is 0 Å². The number of rotatable bonds is 6. The minimum Gasteiger partial charge on any atom is -0.497 e. The van der Waals surface area contributed by atoms with Gasteiger partial charge in [-0.3, -0.25) is 19.6 Å². The van der Waals surface area contributed by atoms with Crippen molar-refractivity contribution in [2.75, 3.05) is 24.6 Å². The van der Waals surface area contributed by atoms with Gasteiger partial charge in [0.1, 0.15) is 17.1 Å². The Hall–Kier alpha value is -4.06. The van der Waals surface area contributed by atoms with Crippen molar-refractivity contribution in [2.45, 2.75) is 12.1 Å². The molecule has 0 radical (unpaired) electrons. The third-order valence-electron chi connectivity index (χ3n) is 5.81. The first-order valence-corrected chi connectivity index (χ1v) is 12.1. The molecule has 3 heterocycles. The van der Waals surface area contributed by atoms with Crippen LogP contribution < -0.4 is 20.1 Å². The zero-order chi connectivity index (χ0) is 24.3. The monoisotopic (exact) mass is 484 g/mol. The lowest BCUT2D eigenvalue weighted by Gasteiger charge is -2.29. The Morgan fingerprint density at radius 1 is 1.15 bits per heavy atom. The molecule has 12 heteroatoms. The molecule has 1 saturated heterocycles. The third-order valence-corrected chi connectivity index (χ3v) is 6.41. The number of methoxy groups -OCH3 is 1. The van der Waals surface area contributed by atoms with Crippen LogP contribution in [-0.2, 0) is 26.9 Å². The number of fused-ring (bicyclic) bond motifs is 2. The predicted octanol–water partition coefficient (Wildman–Crippen LogP) is 1.50. The van der Waals surface area contributed by atoms with Crippen LogP contribution in [0.2, 0.25) is 0 Å². The fourth-order valence-corrected chi connectivity index (χ4v) is 4.82. The molecule has 0 aliphatic carbocycles. The van der Waals surface area contributed by atoms with Crippen molar-refractivity contribution in [1.29, 1.82) is 0 Å². The third kappa shape index (κ3) is 3.61. The first-order valence-electron chi connectivity index (χ1n) is 10.2. The standard InChI is InChI=1S/C22H20N4O7S/c1-32-15-5-3-12-10-26(19(27)16(12)9-15)11-22(20(28)23-21(29)24-22)18-8-13-7-14(25-34(2,30)31)4-6-17(13)33-18/h3-9,25H,10-11H2,1-2H3,(H2,23,24,28,29)/t22-/m0/s1. The number of carbonyl (C=O) groups is 3. The van der Waals surface area contributed by atoms with E-state index in [4.69, 9.17) is 9.15 Å². The molecule has 2 aromatic carbocycles. The normalized spacial score (nSPS) is 19.8. The molecule has 2 aliphatic rings. The van der Waals surface area contributed by atoms with Crippen LogP contribution in [0.1, 0.15) is 21.7 Å². The summed E-state index contributed by atoms with van der Waals surface area (Å²) in [5.41, 5.74) is 0.258. The highest BCUT2D eigenvalue weighted by molar-refractivity contribution is 7.92. The Labute approximate surface area is 194 Å². The second-order valence-corrected chi connectivity index (χ2v) is 9.98. The summed E-state index contributed by atoms with van der Waals surface area (Å²) in [5.74, 6) is -0.319. The first-order chi connectivity index (χ1) is 16.1. The number of sulfonamides is 1. The van der Waals surface area contributed by atoms with Crippen LogP contribution in [0.25, 0.3) is 11.0 Å². The van der Waals surface area contributed by atoms with Crippen molar-refractivity contribution in [3.63, 3.8) is 0 Å². The molecular formula is C22H20N4O7S. The van der Waals surface area contributed by atoms with Gasteiger partial charge in [-0.05, 0) is 42.0 Å². The first kappa shape index (κ1) is 21.8. The van der Waals surface area contributed by atoms with Crippen molar-refractivity contribution in [2.24, 2.45) is 0 Å². The number of imide groups is 1. The Morgan fingerprint density at radius 2 is 1.94 bits per heavy atom. The van der Waals surface area contributed by atoms with Crippen molar-refractivity contribution in [3.05, 3.63) is 59.4 Å². The van der Waals surface area contributed by atoms with E-state index in [9.17, 15) is 22.8 Å². The number of benzene rings is 2. The number of hydrogen-bond donors (Lipinski definition) is 3. The Balaban J connectivity index is 1.52. The number of anilines is 1. The lowest BCUT2D eigenvalue weighted by Crippen LogP contribution is -2.52. The van der Waals surface area contributed by atoms with Gasteiger partial charge in [0, 0.05) is 23.2 Å². The number of nitrogens with one attached hydrogen (secondary N) is 3. The van der Waals surface area contributed by atoms with Crippen LogP contribution in [0.5, 0.6) is 5.75 Å². The second-order valence-electron chi connectivity index (χ2n) is 8.24.